The van der Waals surface area contributed by atoms with Gasteiger partial charge >= 0.3 is 5.97 Å². The minimum atomic E-state index is -0.752. The molecule has 32 heavy (non-hydrogen) atoms. The van der Waals surface area contributed by atoms with Crippen LogP contribution in [0.25, 0.3) is 10.9 Å². The van der Waals surface area contributed by atoms with Gasteiger partial charge in [-0.25, -0.2) is 4.79 Å². The van der Waals surface area contributed by atoms with E-state index < -0.39 is 17.8 Å². The van der Waals surface area contributed by atoms with Crippen LogP contribution in [0.2, 0.25) is 0 Å². The van der Waals surface area contributed by atoms with E-state index in [-0.39, 0.29) is 29.5 Å². The van der Waals surface area contributed by atoms with Crippen LogP contribution in [0.3, 0.4) is 0 Å². The molecule has 1 aromatic heterocycles. The van der Waals surface area contributed by atoms with E-state index in [0.29, 0.717) is 17.2 Å². The second kappa shape index (κ2) is 8.26. The lowest BCUT2D eigenvalue weighted by Gasteiger charge is -2.51. The first-order valence-corrected chi connectivity index (χ1v) is 11.0. The van der Waals surface area contributed by atoms with E-state index in [4.69, 9.17) is 9.68 Å². The number of fused-ring (bicyclic) bond motifs is 1. The zero-order chi connectivity index (χ0) is 23.1. The molecule has 0 radical (unpaired) electrons. The minimum absolute atomic E-state index is 0.0496. The third-order valence-electron chi connectivity index (χ3n) is 6.18. The van der Waals surface area contributed by atoms with Crippen molar-refractivity contribution in [1.29, 1.82) is 0 Å². The topological polar surface area (TPSA) is 89.0 Å². The number of hydrogen-bond donors (Lipinski definition) is 0. The number of carbonyl (C=O) groups is 3. The fourth-order valence-electron chi connectivity index (χ4n) is 4.62. The molecular weight excluding hydrogens is 410 g/mol. The number of carbonyl (C=O) groups excluding carboxylic acids is 3. The molecule has 170 valence electrons. The summed E-state index contributed by atoms with van der Waals surface area (Å²) in [5.74, 6) is -1.76. The van der Waals surface area contributed by atoms with Crippen molar-refractivity contribution in [1.82, 2.24) is 15.1 Å². The Balaban J connectivity index is 1.46. The fourth-order valence-corrected chi connectivity index (χ4v) is 4.62. The maximum atomic E-state index is 12.4. The lowest BCUT2D eigenvalue weighted by molar-refractivity contribution is -0.288. The number of piperidine rings is 1. The average Bonchev–Trinajstić information content (AvgIpc) is 3.04. The van der Waals surface area contributed by atoms with Gasteiger partial charge in [0.1, 0.15) is 6.61 Å². The van der Waals surface area contributed by atoms with Crippen molar-refractivity contribution < 1.29 is 24.1 Å². The van der Waals surface area contributed by atoms with E-state index in [0.717, 1.165) is 23.9 Å². The predicted octanol–water partition coefficient (Wildman–Crippen LogP) is 3.93. The molecular formula is C24H29N3O5. The number of hydroxylamine groups is 4. The van der Waals surface area contributed by atoms with Gasteiger partial charge in [0.15, 0.2) is 0 Å². The Hall–Kier alpha value is -2.84. The van der Waals surface area contributed by atoms with Crippen LogP contribution < -0.4 is 0 Å². The van der Waals surface area contributed by atoms with Crippen molar-refractivity contribution in [2.75, 3.05) is 0 Å². The third kappa shape index (κ3) is 4.38. The summed E-state index contributed by atoms with van der Waals surface area (Å²) in [6, 6.07) is 8.67. The van der Waals surface area contributed by atoms with Gasteiger partial charge in [-0.15, -0.1) is 5.06 Å². The Labute approximate surface area is 187 Å². The van der Waals surface area contributed by atoms with E-state index in [2.05, 4.69) is 37.7 Å². The van der Waals surface area contributed by atoms with Crippen molar-refractivity contribution in [3.05, 3.63) is 41.6 Å². The molecule has 3 heterocycles. The molecule has 0 bridgehead atoms. The predicted molar refractivity (Wildman–Crippen MR) is 117 cm³/mol. The Bertz CT molecular complexity index is 1050. The zero-order valence-corrected chi connectivity index (χ0v) is 19.0. The SMILES string of the molecule is CC1(C)CCCC(C)(C)N1OCc1ccc2cc(C(=O)ON3C(=O)CCC3=O)ccc2n1. The quantitative estimate of drug-likeness (QED) is 0.652. The summed E-state index contributed by atoms with van der Waals surface area (Å²) in [6.45, 7) is 9.15. The first-order valence-electron chi connectivity index (χ1n) is 11.0. The van der Waals surface area contributed by atoms with Crippen molar-refractivity contribution in [3.63, 3.8) is 0 Å². The largest absolute Gasteiger partial charge is 0.363 e. The van der Waals surface area contributed by atoms with E-state index in [9.17, 15) is 14.4 Å². The maximum Gasteiger partial charge on any atom is 0.363 e. The molecule has 0 unspecified atom stereocenters. The fraction of sp³-hybridized carbons (Fsp3) is 0.500. The average molecular weight is 440 g/mol. The smallest absolute Gasteiger partial charge is 0.325 e. The molecule has 8 nitrogen and oxygen atoms in total. The number of nitrogens with zero attached hydrogens (tertiary/aromatic N) is 3. The zero-order valence-electron chi connectivity index (χ0n) is 19.0. The van der Waals surface area contributed by atoms with E-state index >= 15 is 0 Å². The van der Waals surface area contributed by atoms with Gasteiger partial charge in [0.25, 0.3) is 11.8 Å². The first-order chi connectivity index (χ1) is 15.1. The van der Waals surface area contributed by atoms with Crippen LogP contribution in [-0.2, 0) is 25.9 Å². The molecule has 0 aliphatic carbocycles. The van der Waals surface area contributed by atoms with Crippen molar-refractivity contribution in [3.8, 4) is 0 Å². The van der Waals surface area contributed by atoms with Gasteiger partial charge in [0, 0.05) is 29.3 Å². The summed E-state index contributed by atoms with van der Waals surface area (Å²) in [4.78, 5) is 51.6. The summed E-state index contributed by atoms with van der Waals surface area (Å²) in [7, 11) is 0. The highest BCUT2D eigenvalue weighted by Crippen LogP contribution is 2.38. The van der Waals surface area contributed by atoms with E-state index in [1.807, 2.05) is 12.1 Å². The molecule has 0 saturated carbocycles. The molecule has 2 aromatic rings. The molecule has 0 spiro atoms. The van der Waals surface area contributed by atoms with E-state index in [1.165, 1.54) is 6.42 Å². The van der Waals surface area contributed by atoms with Crippen molar-refractivity contribution in [2.24, 2.45) is 0 Å². The number of hydrogen-bond acceptors (Lipinski definition) is 7. The third-order valence-corrected chi connectivity index (χ3v) is 6.18. The van der Waals surface area contributed by atoms with Crippen LogP contribution in [0.4, 0.5) is 0 Å². The van der Waals surface area contributed by atoms with Gasteiger partial charge in [-0.1, -0.05) is 6.07 Å². The monoisotopic (exact) mass is 439 g/mol. The summed E-state index contributed by atoms with van der Waals surface area (Å²) >= 11 is 0. The number of amides is 2. The normalized spacial score (nSPS) is 20.7. The Morgan fingerprint density at radius 3 is 2.31 bits per heavy atom. The number of aromatic nitrogens is 1. The van der Waals surface area contributed by atoms with Crippen LogP contribution in [0.15, 0.2) is 30.3 Å². The van der Waals surface area contributed by atoms with Crippen LogP contribution in [0, 0.1) is 0 Å². The molecule has 2 fully saturated rings. The van der Waals surface area contributed by atoms with Crippen LogP contribution in [0.5, 0.6) is 0 Å². The molecule has 2 aliphatic heterocycles. The minimum Gasteiger partial charge on any atom is -0.325 e. The first kappa shape index (κ1) is 22.4. The summed E-state index contributed by atoms with van der Waals surface area (Å²) < 4.78 is 0. The summed E-state index contributed by atoms with van der Waals surface area (Å²) in [5, 5.41) is 3.41. The van der Waals surface area contributed by atoms with Gasteiger partial charge in [-0.3, -0.25) is 19.4 Å². The second-order valence-electron chi connectivity index (χ2n) is 9.72. The van der Waals surface area contributed by atoms with Gasteiger partial charge in [-0.05, 0) is 71.2 Å². The number of rotatable bonds is 5. The lowest BCUT2D eigenvalue weighted by atomic mass is 9.82. The molecule has 8 heteroatoms. The number of imide groups is 1. The Morgan fingerprint density at radius 1 is 1.00 bits per heavy atom. The van der Waals surface area contributed by atoms with Gasteiger partial charge < -0.3 is 4.84 Å². The lowest BCUT2D eigenvalue weighted by Crippen LogP contribution is -2.58. The Kier molecular flexibility index (Phi) is 5.77. The second-order valence-corrected chi connectivity index (χ2v) is 9.72. The molecule has 2 amide bonds. The van der Waals surface area contributed by atoms with E-state index in [1.54, 1.807) is 18.2 Å². The highest BCUT2D eigenvalue weighted by Gasteiger charge is 2.42. The molecule has 4 rings (SSSR count). The van der Waals surface area contributed by atoms with Crippen LogP contribution in [0.1, 0.15) is 75.9 Å². The van der Waals surface area contributed by atoms with Crippen LogP contribution >= 0.6 is 0 Å². The van der Waals surface area contributed by atoms with Crippen molar-refractivity contribution in [2.45, 2.75) is 77.5 Å². The highest BCUT2D eigenvalue weighted by atomic mass is 16.7. The number of benzene rings is 1. The molecule has 0 atom stereocenters. The standard InChI is InChI=1S/C24H29N3O5/c1-23(2)12-5-13-24(3,4)27(23)31-15-18-8-6-16-14-17(7-9-19(16)25-18)22(30)32-26-20(28)10-11-21(26)29/h6-9,14H,5,10-13,15H2,1-4H3. The van der Waals surface area contributed by atoms with Gasteiger partial charge in [0.2, 0.25) is 0 Å². The maximum absolute atomic E-state index is 12.4. The summed E-state index contributed by atoms with van der Waals surface area (Å²) in [5.41, 5.74) is 1.65. The molecule has 2 saturated heterocycles. The van der Waals surface area contributed by atoms with Crippen LogP contribution in [-0.4, -0.2) is 44.0 Å². The molecule has 2 aliphatic rings. The highest BCUT2D eigenvalue weighted by molar-refractivity contribution is 6.03. The summed E-state index contributed by atoms with van der Waals surface area (Å²) in [6.07, 6.45) is 3.46. The molecule has 0 N–H and O–H groups in total. The molecule has 1 aromatic carbocycles. The van der Waals surface area contributed by atoms with Crippen molar-refractivity contribution >= 4 is 28.7 Å². The number of pyridine rings is 1. The Morgan fingerprint density at radius 2 is 1.66 bits per heavy atom. The van der Waals surface area contributed by atoms with Gasteiger partial charge in [-0.2, -0.15) is 5.06 Å². The van der Waals surface area contributed by atoms with Gasteiger partial charge in [0.05, 0.1) is 16.8 Å².